The molecule has 0 saturated carbocycles. The van der Waals surface area contributed by atoms with Gasteiger partial charge in [-0.1, -0.05) is 0 Å². The SMILES string of the molecule is Cn1cc(C(N)C2CCCO2)cn1. The fraction of sp³-hybridized carbons (Fsp3) is 0.667. The molecule has 2 unspecified atom stereocenters. The topological polar surface area (TPSA) is 53.1 Å². The molecule has 2 heterocycles. The zero-order valence-electron chi connectivity index (χ0n) is 7.81. The third-order valence-electron chi connectivity index (χ3n) is 2.48. The van der Waals surface area contributed by atoms with Gasteiger partial charge in [0.25, 0.3) is 0 Å². The average molecular weight is 181 g/mol. The number of aryl methyl sites for hydroxylation is 1. The summed E-state index contributed by atoms with van der Waals surface area (Å²) in [4.78, 5) is 0. The van der Waals surface area contributed by atoms with Crippen LogP contribution in [0.2, 0.25) is 0 Å². The largest absolute Gasteiger partial charge is 0.376 e. The molecule has 0 aromatic carbocycles. The Morgan fingerprint density at radius 1 is 1.77 bits per heavy atom. The Hall–Kier alpha value is -0.870. The molecule has 4 nitrogen and oxygen atoms in total. The van der Waals surface area contributed by atoms with Crippen molar-refractivity contribution in [2.75, 3.05) is 6.61 Å². The van der Waals surface area contributed by atoms with E-state index in [0.717, 1.165) is 25.0 Å². The van der Waals surface area contributed by atoms with Crippen molar-refractivity contribution in [1.82, 2.24) is 9.78 Å². The fourth-order valence-electron chi connectivity index (χ4n) is 1.71. The molecule has 72 valence electrons. The predicted molar refractivity (Wildman–Crippen MR) is 49.1 cm³/mol. The fourth-order valence-corrected chi connectivity index (χ4v) is 1.71. The highest BCUT2D eigenvalue weighted by Gasteiger charge is 2.24. The van der Waals surface area contributed by atoms with Gasteiger partial charge < -0.3 is 10.5 Å². The van der Waals surface area contributed by atoms with Gasteiger partial charge in [0.2, 0.25) is 0 Å². The summed E-state index contributed by atoms with van der Waals surface area (Å²) in [5, 5.41) is 4.09. The molecule has 0 bridgehead atoms. The highest BCUT2D eigenvalue weighted by Crippen LogP contribution is 2.24. The molecule has 2 rings (SSSR count). The Morgan fingerprint density at radius 2 is 2.62 bits per heavy atom. The summed E-state index contributed by atoms with van der Waals surface area (Å²) in [6.45, 7) is 0.846. The van der Waals surface area contributed by atoms with E-state index in [-0.39, 0.29) is 12.1 Å². The van der Waals surface area contributed by atoms with Crippen LogP contribution in [0.1, 0.15) is 24.4 Å². The van der Waals surface area contributed by atoms with Gasteiger partial charge in [0.15, 0.2) is 0 Å². The molecular formula is C9H15N3O. The van der Waals surface area contributed by atoms with Gasteiger partial charge in [-0.05, 0) is 12.8 Å². The first-order chi connectivity index (χ1) is 6.27. The lowest BCUT2D eigenvalue weighted by Gasteiger charge is -2.16. The van der Waals surface area contributed by atoms with E-state index in [1.54, 1.807) is 4.68 Å². The van der Waals surface area contributed by atoms with Crippen LogP contribution in [0.4, 0.5) is 0 Å². The van der Waals surface area contributed by atoms with Crippen molar-refractivity contribution in [3.63, 3.8) is 0 Å². The number of hydrogen-bond acceptors (Lipinski definition) is 3. The van der Waals surface area contributed by atoms with E-state index in [9.17, 15) is 0 Å². The predicted octanol–water partition coefficient (Wildman–Crippen LogP) is 0.599. The maximum absolute atomic E-state index is 6.04. The van der Waals surface area contributed by atoms with Crippen LogP contribution < -0.4 is 5.73 Å². The second kappa shape index (κ2) is 3.47. The van der Waals surface area contributed by atoms with E-state index >= 15 is 0 Å². The van der Waals surface area contributed by atoms with Crippen LogP contribution in [0.3, 0.4) is 0 Å². The summed E-state index contributed by atoms with van der Waals surface area (Å²) in [6, 6.07) is -0.0174. The number of aromatic nitrogens is 2. The number of ether oxygens (including phenoxy) is 1. The first-order valence-electron chi connectivity index (χ1n) is 4.63. The molecule has 0 spiro atoms. The van der Waals surface area contributed by atoms with Crippen molar-refractivity contribution in [2.45, 2.75) is 25.0 Å². The Labute approximate surface area is 77.7 Å². The van der Waals surface area contributed by atoms with E-state index in [2.05, 4.69) is 5.10 Å². The number of hydrogen-bond donors (Lipinski definition) is 1. The highest BCUT2D eigenvalue weighted by molar-refractivity contribution is 5.11. The van der Waals surface area contributed by atoms with Crippen LogP contribution in [0, 0.1) is 0 Å². The Balaban J connectivity index is 2.07. The molecule has 0 aliphatic carbocycles. The van der Waals surface area contributed by atoms with Crippen LogP contribution in [-0.2, 0) is 11.8 Å². The third kappa shape index (κ3) is 1.73. The van der Waals surface area contributed by atoms with Crippen LogP contribution in [0.5, 0.6) is 0 Å². The average Bonchev–Trinajstić information content (AvgIpc) is 2.72. The van der Waals surface area contributed by atoms with Gasteiger partial charge in [-0.2, -0.15) is 5.10 Å². The normalized spacial score (nSPS) is 24.9. The van der Waals surface area contributed by atoms with E-state index in [1.165, 1.54) is 0 Å². The van der Waals surface area contributed by atoms with Gasteiger partial charge in [0.1, 0.15) is 0 Å². The van der Waals surface area contributed by atoms with Crippen molar-refractivity contribution in [1.29, 1.82) is 0 Å². The maximum atomic E-state index is 6.04. The smallest absolute Gasteiger partial charge is 0.0769 e. The van der Waals surface area contributed by atoms with Gasteiger partial charge in [-0.3, -0.25) is 4.68 Å². The molecule has 13 heavy (non-hydrogen) atoms. The summed E-state index contributed by atoms with van der Waals surface area (Å²) in [5.41, 5.74) is 7.10. The van der Waals surface area contributed by atoms with E-state index in [4.69, 9.17) is 10.5 Å². The summed E-state index contributed by atoms with van der Waals surface area (Å²) in [7, 11) is 1.89. The summed E-state index contributed by atoms with van der Waals surface area (Å²) < 4.78 is 7.28. The van der Waals surface area contributed by atoms with Gasteiger partial charge in [0.05, 0.1) is 18.3 Å². The van der Waals surface area contributed by atoms with E-state index < -0.39 is 0 Å². The van der Waals surface area contributed by atoms with Crippen molar-refractivity contribution >= 4 is 0 Å². The molecule has 0 amide bonds. The maximum Gasteiger partial charge on any atom is 0.0769 e. The Bertz CT molecular complexity index is 278. The van der Waals surface area contributed by atoms with Crippen LogP contribution in [-0.4, -0.2) is 22.5 Å². The van der Waals surface area contributed by atoms with Crippen molar-refractivity contribution in [3.05, 3.63) is 18.0 Å². The molecule has 1 aromatic rings. The lowest BCUT2D eigenvalue weighted by atomic mass is 10.0. The molecule has 1 aromatic heterocycles. The summed E-state index contributed by atoms with van der Waals surface area (Å²) >= 11 is 0. The first-order valence-corrected chi connectivity index (χ1v) is 4.63. The van der Waals surface area contributed by atoms with Gasteiger partial charge in [-0.25, -0.2) is 0 Å². The third-order valence-corrected chi connectivity index (χ3v) is 2.48. The van der Waals surface area contributed by atoms with Crippen molar-refractivity contribution in [2.24, 2.45) is 12.8 Å². The van der Waals surface area contributed by atoms with Crippen molar-refractivity contribution in [3.8, 4) is 0 Å². The molecule has 1 aliphatic rings. The molecule has 2 N–H and O–H groups in total. The van der Waals surface area contributed by atoms with Gasteiger partial charge in [-0.15, -0.1) is 0 Å². The van der Waals surface area contributed by atoms with Crippen molar-refractivity contribution < 1.29 is 4.74 Å². The highest BCUT2D eigenvalue weighted by atomic mass is 16.5. The minimum Gasteiger partial charge on any atom is -0.376 e. The zero-order valence-corrected chi connectivity index (χ0v) is 7.81. The van der Waals surface area contributed by atoms with Crippen LogP contribution >= 0.6 is 0 Å². The minimum atomic E-state index is -0.0174. The molecule has 2 atom stereocenters. The van der Waals surface area contributed by atoms with E-state index in [0.29, 0.717) is 0 Å². The number of rotatable bonds is 2. The quantitative estimate of drug-likeness (QED) is 0.726. The van der Waals surface area contributed by atoms with Crippen LogP contribution in [0.25, 0.3) is 0 Å². The summed E-state index contributed by atoms with van der Waals surface area (Å²) in [6.07, 6.45) is 6.14. The molecule has 1 aliphatic heterocycles. The van der Waals surface area contributed by atoms with Gasteiger partial charge in [0, 0.05) is 25.4 Å². The standard InChI is InChI=1S/C9H15N3O/c1-12-6-7(5-11-12)9(10)8-3-2-4-13-8/h5-6,8-9H,2-4,10H2,1H3. The molecule has 1 fully saturated rings. The van der Waals surface area contributed by atoms with E-state index in [1.807, 2.05) is 19.4 Å². The number of nitrogens with two attached hydrogens (primary N) is 1. The number of nitrogens with zero attached hydrogens (tertiary/aromatic N) is 2. The zero-order chi connectivity index (χ0) is 9.26. The second-order valence-electron chi connectivity index (χ2n) is 3.52. The van der Waals surface area contributed by atoms with Gasteiger partial charge >= 0.3 is 0 Å². The molecule has 1 saturated heterocycles. The lowest BCUT2D eigenvalue weighted by Crippen LogP contribution is -2.25. The van der Waals surface area contributed by atoms with Crippen LogP contribution in [0.15, 0.2) is 12.4 Å². The lowest BCUT2D eigenvalue weighted by molar-refractivity contribution is 0.0900. The molecule has 0 radical (unpaired) electrons. The second-order valence-corrected chi connectivity index (χ2v) is 3.52. The molecule has 4 heteroatoms. The monoisotopic (exact) mass is 181 g/mol. The first kappa shape index (κ1) is 8.72. The summed E-state index contributed by atoms with van der Waals surface area (Å²) in [5.74, 6) is 0. The molecular weight excluding hydrogens is 166 g/mol. The Morgan fingerprint density at radius 3 is 3.15 bits per heavy atom. The Kier molecular flexibility index (Phi) is 2.33. The minimum absolute atomic E-state index is 0.0174.